The molecular weight excluding hydrogens is 190 g/mol. The molecule has 4 N–H and O–H groups in total. The maximum atomic E-state index is 9.88. The van der Waals surface area contributed by atoms with Gasteiger partial charge in [-0.2, -0.15) is 0 Å². The molecule has 8 heteroatoms. The van der Waals surface area contributed by atoms with Gasteiger partial charge in [0.2, 0.25) is 6.21 Å². The maximum Gasteiger partial charge on any atom is 0.319 e. The molecule has 0 amide bonds. The number of nitrogens with two attached hydrogens (primary N) is 1. The Kier molecular flexibility index (Phi) is 3.19. The zero-order valence-corrected chi connectivity index (χ0v) is 7.01. The lowest BCUT2D eigenvalue weighted by Gasteiger charge is -1.87. The molecule has 0 unspecified atom stereocenters. The van der Waals surface area contributed by atoms with Crippen molar-refractivity contribution in [3.05, 3.63) is 34.3 Å². The number of rotatable bonds is 3. The van der Waals surface area contributed by atoms with Gasteiger partial charge in [-0.1, -0.05) is 10.5 Å². The third kappa shape index (κ3) is 3.34. The fourth-order valence-corrected chi connectivity index (χ4v) is 0.657. The molecule has 0 aliphatic carbocycles. The van der Waals surface area contributed by atoms with Crippen molar-refractivity contribution in [1.29, 1.82) is 0 Å². The standard InChI is InChI=1S/C6H7N5O3/c7-6(10-11(12)13)9-8-4-5-2-1-3-14-5/h1-4H,(H3,7,9,10)/p+1/b8-4-. The number of hydrazone groups is 1. The predicted octanol–water partition coefficient (Wildman–Crippen LogP) is -2.21. The van der Waals surface area contributed by atoms with Crippen LogP contribution in [0.1, 0.15) is 5.76 Å². The summed E-state index contributed by atoms with van der Waals surface area (Å²) in [7, 11) is 0. The highest BCUT2D eigenvalue weighted by atomic mass is 16.7. The van der Waals surface area contributed by atoms with Crippen molar-refractivity contribution < 1.29 is 14.6 Å². The molecule has 8 nitrogen and oxygen atoms in total. The first-order chi connectivity index (χ1) is 6.68. The predicted molar refractivity (Wildman–Crippen MR) is 46.6 cm³/mol. The first-order valence-corrected chi connectivity index (χ1v) is 3.55. The van der Waals surface area contributed by atoms with Crippen molar-refractivity contribution in [3.8, 4) is 0 Å². The van der Waals surface area contributed by atoms with Crippen molar-refractivity contribution >= 4 is 12.2 Å². The molecule has 1 aromatic rings. The molecule has 1 heterocycles. The van der Waals surface area contributed by atoms with Gasteiger partial charge in [-0.05, 0) is 12.1 Å². The van der Waals surface area contributed by atoms with Gasteiger partial charge in [0, 0.05) is 5.10 Å². The molecule has 0 bridgehead atoms. The van der Waals surface area contributed by atoms with Crippen molar-refractivity contribution in [1.82, 2.24) is 5.43 Å². The second kappa shape index (κ2) is 4.60. The fourth-order valence-electron chi connectivity index (χ4n) is 0.657. The SMILES string of the molecule is NC(=N/[NH+]=C\c1ccco1)N[N+](=O)[O-]. The molecule has 0 fully saturated rings. The lowest BCUT2D eigenvalue weighted by molar-refractivity contribution is -0.528. The van der Waals surface area contributed by atoms with Crippen LogP contribution in [-0.2, 0) is 0 Å². The van der Waals surface area contributed by atoms with Crippen LogP contribution in [0.2, 0.25) is 0 Å². The van der Waals surface area contributed by atoms with Crippen LogP contribution in [0, 0.1) is 10.1 Å². The highest BCUT2D eigenvalue weighted by Crippen LogP contribution is 1.91. The number of nitro groups is 1. The van der Waals surface area contributed by atoms with E-state index < -0.39 is 5.03 Å². The summed E-state index contributed by atoms with van der Waals surface area (Å²) in [6, 6.07) is 3.37. The van der Waals surface area contributed by atoms with Crippen LogP contribution in [0.4, 0.5) is 0 Å². The third-order valence-electron chi connectivity index (χ3n) is 1.14. The second-order valence-corrected chi connectivity index (χ2v) is 2.15. The zero-order chi connectivity index (χ0) is 10.4. The highest BCUT2D eigenvalue weighted by molar-refractivity contribution is 5.76. The van der Waals surface area contributed by atoms with E-state index >= 15 is 0 Å². The van der Waals surface area contributed by atoms with Crippen molar-refractivity contribution in [2.45, 2.75) is 0 Å². The normalized spacial score (nSPS) is 11.9. The lowest BCUT2D eigenvalue weighted by Crippen LogP contribution is -2.64. The Bertz CT molecular complexity index is 356. The largest absolute Gasteiger partial charge is 0.459 e. The summed E-state index contributed by atoms with van der Waals surface area (Å²) < 4.78 is 4.91. The van der Waals surface area contributed by atoms with Gasteiger partial charge in [0.1, 0.15) is 0 Å². The van der Waals surface area contributed by atoms with E-state index in [9.17, 15) is 10.1 Å². The van der Waals surface area contributed by atoms with Gasteiger partial charge in [0.15, 0.2) is 10.8 Å². The molecule has 0 saturated carbocycles. The Morgan fingerprint density at radius 2 is 2.64 bits per heavy atom. The number of hydrogen-bond acceptors (Lipinski definition) is 4. The van der Waals surface area contributed by atoms with Gasteiger partial charge in [0.25, 0.3) is 0 Å². The summed E-state index contributed by atoms with van der Waals surface area (Å²) in [6.07, 6.45) is 2.88. The Morgan fingerprint density at radius 1 is 1.86 bits per heavy atom. The topological polar surface area (TPSA) is 121 Å². The van der Waals surface area contributed by atoms with E-state index in [2.05, 4.69) is 10.2 Å². The summed E-state index contributed by atoms with van der Waals surface area (Å²) in [5.41, 5.74) is 6.76. The number of hydrazine groups is 1. The van der Waals surface area contributed by atoms with E-state index in [0.29, 0.717) is 5.76 Å². The van der Waals surface area contributed by atoms with Crippen LogP contribution in [0.3, 0.4) is 0 Å². The van der Waals surface area contributed by atoms with Crippen LogP contribution in [0.15, 0.2) is 27.9 Å². The summed E-state index contributed by atoms with van der Waals surface area (Å²) in [4.78, 5) is 9.88. The summed E-state index contributed by atoms with van der Waals surface area (Å²) in [5, 5.41) is 14.9. The van der Waals surface area contributed by atoms with Crippen LogP contribution < -0.4 is 16.3 Å². The fraction of sp³-hybridized carbons (Fsp3) is 0. The molecule has 0 aliphatic rings. The molecule has 1 aromatic heterocycles. The van der Waals surface area contributed by atoms with Crippen molar-refractivity contribution in [2.75, 3.05) is 0 Å². The maximum absolute atomic E-state index is 9.88. The van der Waals surface area contributed by atoms with E-state index in [1.807, 2.05) is 0 Å². The molecule has 1 rings (SSSR count). The molecule has 0 radical (unpaired) electrons. The number of hydrogen-bond donors (Lipinski definition) is 3. The van der Waals surface area contributed by atoms with E-state index in [1.165, 1.54) is 12.5 Å². The quantitative estimate of drug-likeness (QED) is 0.220. The zero-order valence-electron chi connectivity index (χ0n) is 7.01. The van der Waals surface area contributed by atoms with Crippen LogP contribution >= 0.6 is 0 Å². The first kappa shape index (κ1) is 9.71. The molecule has 0 atom stereocenters. The van der Waals surface area contributed by atoms with Crippen molar-refractivity contribution in [3.63, 3.8) is 0 Å². The number of nitrogens with one attached hydrogen (secondary N) is 2. The minimum Gasteiger partial charge on any atom is -0.459 e. The van der Waals surface area contributed by atoms with Gasteiger partial charge in [-0.15, -0.1) is 0 Å². The Balaban J connectivity index is 2.49. The highest BCUT2D eigenvalue weighted by Gasteiger charge is 2.00. The van der Waals surface area contributed by atoms with Crippen LogP contribution in [-0.4, -0.2) is 17.2 Å². The molecule has 14 heavy (non-hydrogen) atoms. The molecular formula is C6H8N5O3+. The average molecular weight is 198 g/mol. The monoisotopic (exact) mass is 198 g/mol. The van der Waals surface area contributed by atoms with Crippen LogP contribution in [0.5, 0.6) is 0 Å². The van der Waals surface area contributed by atoms with E-state index in [4.69, 9.17) is 10.2 Å². The average Bonchev–Trinajstić information content (AvgIpc) is 2.55. The number of guanidine groups is 1. The van der Waals surface area contributed by atoms with Gasteiger partial charge < -0.3 is 10.2 Å². The Hall–Kier alpha value is -2.38. The number of nitrogens with zero attached hydrogens (tertiary/aromatic N) is 2. The summed E-state index contributed by atoms with van der Waals surface area (Å²) >= 11 is 0. The minimum atomic E-state index is -0.812. The Labute approximate surface area is 78.2 Å². The van der Waals surface area contributed by atoms with E-state index in [-0.39, 0.29) is 5.96 Å². The van der Waals surface area contributed by atoms with E-state index in [1.54, 1.807) is 17.6 Å². The minimum absolute atomic E-state index is 0.349. The first-order valence-electron chi connectivity index (χ1n) is 3.55. The molecule has 74 valence electrons. The summed E-state index contributed by atoms with van der Waals surface area (Å²) in [5.74, 6) is 0.181. The van der Waals surface area contributed by atoms with Crippen LogP contribution in [0.25, 0.3) is 0 Å². The third-order valence-corrected chi connectivity index (χ3v) is 1.14. The van der Waals surface area contributed by atoms with Gasteiger partial charge in [0.05, 0.1) is 6.26 Å². The van der Waals surface area contributed by atoms with Crippen molar-refractivity contribution in [2.24, 2.45) is 10.8 Å². The van der Waals surface area contributed by atoms with Gasteiger partial charge in [-0.25, -0.2) is 10.1 Å². The summed E-state index contributed by atoms with van der Waals surface area (Å²) in [6.45, 7) is 0. The Morgan fingerprint density at radius 3 is 3.21 bits per heavy atom. The smallest absolute Gasteiger partial charge is 0.319 e. The molecule has 0 saturated heterocycles. The molecule has 0 aliphatic heterocycles. The lowest BCUT2D eigenvalue weighted by atomic mass is 10.5. The van der Waals surface area contributed by atoms with Gasteiger partial charge in [-0.3, -0.25) is 0 Å². The number of furan rings is 1. The second-order valence-electron chi connectivity index (χ2n) is 2.15. The molecule has 0 aromatic carbocycles. The molecule has 0 spiro atoms. The van der Waals surface area contributed by atoms with E-state index in [0.717, 1.165) is 0 Å². The van der Waals surface area contributed by atoms with Gasteiger partial charge >= 0.3 is 5.96 Å².